The zero-order valence-corrected chi connectivity index (χ0v) is 26.4. The molecule has 4 aliphatic rings. The van der Waals surface area contributed by atoms with Crippen molar-refractivity contribution in [2.45, 2.75) is 129 Å². The Morgan fingerprint density at radius 2 is 1.68 bits per heavy atom. The Morgan fingerprint density at radius 3 is 2.35 bits per heavy atom. The number of carbonyl (C=O) groups excluding carboxylic acids is 1. The lowest BCUT2D eigenvalue weighted by molar-refractivity contribution is -0.211. The lowest BCUT2D eigenvalue weighted by atomic mass is 9.42. The highest BCUT2D eigenvalue weighted by Crippen LogP contribution is 2.68. The van der Waals surface area contributed by atoms with E-state index in [1.807, 2.05) is 6.92 Å². The normalized spacial score (nSPS) is 40.4. The third-order valence-electron chi connectivity index (χ3n) is 12.4. The summed E-state index contributed by atoms with van der Waals surface area (Å²) < 4.78 is 31.7. The smallest absolute Gasteiger partial charge is 0.297 e. The Morgan fingerprint density at radius 1 is 0.975 bits per heavy atom. The molecule has 4 saturated carbocycles. The van der Waals surface area contributed by atoms with Crippen LogP contribution in [0.1, 0.15) is 111 Å². The van der Waals surface area contributed by atoms with Crippen LogP contribution in [0.3, 0.4) is 0 Å². The summed E-state index contributed by atoms with van der Waals surface area (Å²) in [4.78, 5) is 14.0. The molecule has 1 N–H and O–H groups in total. The quantitative estimate of drug-likeness (QED) is 0.327. The molecule has 0 saturated heterocycles. The summed E-state index contributed by atoms with van der Waals surface area (Å²) in [6, 6.07) is 6.62. The molecule has 6 heteroatoms. The van der Waals surface area contributed by atoms with Crippen LogP contribution in [0.5, 0.6) is 0 Å². The van der Waals surface area contributed by atoms with E-state index in [1.165, 1.54) is 38.5 Å². The molecule has 224 valence electrons. The fourth-order valence-electron chi connectivity index (χ4n) is 10.0. The van der Waals surface area contributed by atoms with Gasteiger partial charge < -0.3 is 5.11 Å². The Kier molecular flexibility index (Phi) is 8.15. The average Bonchev–Trinajstić information content (AvgIpc) is 3.23. The van der Waals surface area contributed by atoms with Gasteiger partial charge in [0.25, 0.3) is 10.1 Å². The molecule has 1 aromatic rings. The molecule has 4 aliphatic carbocycles. The minimum absolute atomic E-state index is 0.0636. The van der Waals surface area contributed by atoms with E-state index in [0.717, 1.165) is 17.9 Å². The molecular weight excluding hydrogens is 520 g/mol. The molecular formula is C34H52O5S. The van der Waals surface area contributed by atoms with Gasteiger partial charge in [0, 0.05) is 18.3 Å². The summed E-state index contributed by atoms with van der Waals surface area (Å²) in [6.07, 6.45) is 9.50. The number of Topliss-reactive ketones (excluding diaryl/α,β-unsaturated/α-hetero) is 1. The van der Waals surface area contributed by atoms with Crippen LogP contribution in [0.4, 0.5) is 0 Å². The van der Waals surface area contributed by atoms with Crippen LogP contribution >= 0.6 is 0 Å². The highest BCUT2D eigenvalue weighted by atomic mass is 32.2. The Balaban J connectivity index is 1.31. The van der Waals surface area contributed by atoms with E-state index in [0.29, 0.717) is 42.9 Å². The van der Waals surface area contributed by atoms with E-state index in [-0.39, 0.29) is 28.4 Å². The molecule has 40 heavy (non-hydrogen) atoms. The molecule has 0 bridgehead atoms. The van der Waals surface area contributed by atoms with Gasteiger partial charge in [0.05, 0.1) is 11.0 Å². The maximum Gasteiger partial charge on any atom is 0.297 e. The number of hydrogen-bond acceptors (Lipinski definition) is 5. The summed E-state index contributed by atoms with van der Waals surface area (Å²) in [5.74, 6) is 3.23. The molecule has 0 heterocycles. The third kappa shape index (κ3) is 5.02. The van der Waals surface area contributed by atoms with E-state index in [4.69, 9.17) is 4.18 Å². The first-order valence-electron chi connectivity index (χ1n) is 16.0. The van der Waals surface area contributed by atoms with Crippen molar-refractivity contribution in [3.05, 3.63) is 29.8 Å². The fourth-order valence-corrected chi connectivity index (χ4v) is 11.2. The third-order valence-corrected chi connectivity index (χ3v) is 13.7. The summed E-state index contributed by atoms with van der Waals surface area (Å²) >= 11 is 0. The van der Waals surface area contributed by atoms with Gasteiger partial charge in [-0.05, 0) is 98.5 Å². The Labute approximate surface area is 243 Å². The highest BCUT2D eigenvalue weighted by molar-refractivity contribution is 7.86. The van der Waals surface area contributed by atoms with Gasteiger partial charge in [-0.1, -0.05) is 71.6 Å². The number of ketones is 1. The molecule has 0 amide bonds. The van der Waals surface area contributed by atoms with Crippen molar-refractivity contribution in [3.8, 4) is 0 Å². The first kappa shape index (κ1) is 30.2. The highest BCUT2D eigenvalue weighted by Gasteiger charge is 2.68. The molecule has 5 rings (SSSR count). The standard InChI is InChI=1S/C34H52O5S/c1-22(2)8-7-9-24(4)28-14-15-29-27-20-31(35)34(36)21-25(39-40(37,38)26-12-10-23(3)11-13-26)16-19-33(34,6)30(27)17-18-32(28,29)5/h10-13,22,24-25,27-30,36H,7-9,14-21H2,1-6H3/t24-,25-,27-,28-,29-,30-,32+,33-,34+/m1/s1. The SMILES string of the molecule is Cc1ccc(S(=O)(=O)O[C@@H]2CC[C@]3(C)[C@@H]4CC[C@]5(C)[C@H](CC[C@@H]5[C@H](C)CCCC(C)C)[C@H]4CC(=O)[C@@]3(O)C2)cc1. The number of rotatable bonds is 8. The molecule has 0 aromatic heterocycles. The van der Waals surface area contributed by atoms with Gasteiger partial charge in [0.1, 0.15) is 5.60 Å². The van der Waals surface area contributed by atoms with Crippen molar-refractivity contribution in [1.29, 1.82) is 0 Å². The first-order chi connectivity index (χ1) is 18.7. The van der Waals surface area contributed by atoms with Crippen molar-refractivity contribution >= 4 is 15.9 Å². The van der Waals surface area contributed by atoms with Crippen LogP contribution in [0.25, 0.3) is 0 Å². The van der Waals surface area contributed by atoms with Crippen LogP contribution in [-0.4, -0.2) is 31.0 Å². The van der Waals surface area contributed by atoms with E-state index >= 15 is 0 Å². The summed E-state index contributed by atoms with van der Waals surface area (Å²) in [7, 11) is -3.97. The molecule has 0 radical (unpaired) electrons. The second-order valence-corrected chi connectivity index (χ2v) is 16.6. The molecule has 4 fully saturated rings. The van der Waals surface area contributed by atoms with E-state index < -0.39 is 27.2 Å². The second-order valence-electron chi connectivity index (χ2n) is 15.0. The monoisotopic (exact) mass is 572 g/mol. The zero-order chi connectivity index (χ0) is 29.1. The van der Waals surface area contributed by atoms with Crippen LogP contribution in [-0.2, 0) is 19.1 Å². The van der Waals surface area contributed by atoms with Crippen molar-refractivity contribution in [2.24, 2.45) is 46.3 Å². The van der Waals surface area contributed by atoms with Crippen molar-refractivity contribution in [2.75, 3.05) is 0 Å². The zero-order valence-electron chi connectivity index (χ0n) is 25.6. The van der Waals surface area contributed by atoms with Crippen molar-refractivity contribution in [3.63, 3.8) is 0 Å². The van der Waals surface area contributed by atoms with Gasteiger partial charge in [-0.25, -0.2) is 0 Å². The van der Waals surface area contributed by atoms with Gasteiger partial charge in [-0.15, -0.1) is 0 Å². The van der Waals surface area contributed by atoms with Gasteiger partial charge >= 0.3 is 0 Å². The second kappa shape index (κ2) is 10.8. The molecule has 5 nitrogen and oxygen atoms in total. The number of benzene rings is 1. The molecule has 9 atom stereocenters. The van der Waals surface area contributed by atoms with Gasteiger partial charge in [-0.2, -0.15) is 8.42 Å². The van der Waals surface area contributed by atoms with Crippen molar-refractivity contribution < 1.29 is 22.5 Å². The molecule has 0 unspecified atom stereocenters. The van der Waals surface area contributed by atoms with Crippen LogP contribution < -0.4 is 0 Å². The number of aryl methyl sites for hydroxylation is 1. The Bertz CT molecular complexity index is 1190. The molecule has 1 aromatic carbocycles. The number of fused-ring (bicyclic) bond motifs is 5. The lowest BCUT2D eigenvalue weighted by Crippen LogP contribution is -2.67. The molecule has 0 spiro atoms. The average molecular weight is 573 g/mol. The van der Waals surface area contributed by atoms with Crippen LogP contribution in [0, 0.1) is 53.3 Å². The predicted octanol–water partition coefficient (Wildman–Crippen LogP) is 7.48. The summed E-state index contributed by atoms with van der Waals surface area (Å²) in [6.45, 7) is 13.6. The summed E-state index contributed by atoms with van der Waals surface area (Å²) in [5.41, 5.74) is -0.826. The number of aliphatic hydroxyl groups is 1. The number of carbonyl (C=O) groups is 1. The topological polar surface area (TPSA) is 80.7 Å². The maximum atomic E-state index is 13.9. The maximum absolute atomic E-state index is 13.9. The Hall–Kier alpha value is -1.24. The van der Waals surface area contributed by atoms with Crippen LogP contribution in [0.2, 0.25) is 0 Å². The fraction of sp³-hybridized carbons (Fsp3) is 0.794. The molecule has 0 aliphatic heterocycles. The summed E-state index contributed by atoms with van der Waals surface area (Å²) in [5, 5.41) is 12.1. The van der Waals surface area contributed by atoms with E-state index in [9.17, 15) is 18.3 Å². The largest absolute Gasteiger partial charge is 0.381 e. The van der Waals surface area contributed by atoms with E-state index in [1.54, 1.807) is 24.3 Å². The minimum Gasteiger partial charge on any atom is -0.381 e. The minimum atomic E-state index is -3.97. The van der Waals surface area contributed by atoms with E-state index in [2.05, 4.69) is 34.6 Å². The number of hydrogen-bond donors (Lipinski definition) is 1. The van der Waals surface area contributed by atoms with Gasteiger partial charge in [0.2, 0.25) is 0 Å². The van der Waals surface area contributed by atoms with Crippen molar-refractivity contribution in [1.82, 2.24) is 0 Å². The van der Waals surface area contributed by atoms with Gasteiger partial charge in [0.15, 0.2) is 5.78 Å². The lowest BCUT2D eigenvalue weighted by Gasteiger charge is -2.63. The van der Waals surface area contributed by atoms with Crippen LogP contribution in [0.15, 0.2) is 29.2 Å². The first-order valence-corrected chi connectivity index (χ1v) is 17.4. The predicted molar refractivity (Wildman–Crippen MR) is 158 cm³/mol. The van der Waals surface area contributed by atoms with Gasteiger partial charge in [-0.3, -0.25) is 8.98 Å².